The summed E-state index contributed by atoms with van der Waals surface area (Å²) >= 11 is 0. The van der Waals surface area contributed by atoms with Crippen molar-refractivity contribution in [2.75, 3.05) is 20.2 Å². The van der Waals surface area contributed by atoms with Gasteiger partial charge in [-0.25, -0.2) is 8.42 Å². The molecule has 9 nitrogen and oxygen atoms in total. The number of carbonyl (C=O) groups is 2. The van der Waals surface area contributed by atoms with Gasteiger partial charge in [-0.3, -0.25) is 20.4 Å². The van der Waals surface area contributed by atoms with Crippen LogP contribution in [-0.2, 0) is 21.2 Å². The minimum Gasteiger partial charge on any atom is -0.495 e. The van der Waals surface area contributed by atoms with Crippen LogP contribution in [0.5, 0.6) is 5.75 Å². The van der Waals surface area contributed by atoms with Crippen LogP contribution in [0.2, 0.25) is 0 Å². The van der Waals surface area contributed by atoms with Gasteiger partial charge in [-0.1, -0.05) is 18.2 Å². The van der Waals surface area contributed by atoms with E-state index >= 15 is 0 Å². The highest BCUT2D eigenvalue weighted by molar-refractivity contribution is 7.89. The number of aromatic amines is 1. The minimum absolute atomic E-state index is 0.0698. The van der Waals surface area contributed by atoms with Crippen LogP contribution in [0.4, 0.5) is 0 Å². The average molecular weight is 457 g/mol. The van der Waals surface area contributed by atoms with E-state index in [1.54, 1.807) is 6.20 Å². The van der Waals surface area contributed by atoms with Crippen molar-refractivity contribution in [2.45, 2.75) is 24.2 Å². The molecule has 0 saturated carbocycles. The quantitative estimate of drug-likeness (QED) is 0.490. The number of hydrazine groups is 1. The van der Waals surface area contributed by atoms with E-state index in [-0.39, 0.29) is 22.6 Å². The Morgan fingerprint density at radius 3 is 2.59 bits per heavy atom. The van der Waals surface area contributed by atoms with Gasteiger partial charge in [0, 0.05) is 35.8 Å². The molecule has 1 aliphatic rings. The van der Waals surface area contributed by atoms with E-state index in [1.165, 1.54) is 29.6 Å². The van der Waals surface area contributed by atoms with Crippen molar-refractivity contribution in [2.24, 2.45) is 0 Å². The SMILES string of the molecule is COc1ccc(C(=O)NNC(=O)Cc2c[nH]c3ccccc23)cc1S(=O)(=O)N1CCCC1. The Bertz CT molecular complexity index is 1260. The number of ether oxygens (including phenoxy) is 1. The molecule has 2 aromatic carbocycles. The standard InChI is InChI=1S/C22H24N4O5S/c1-31-19-9-8-15(12-20(19)32(29,30)26-10-4-5-11-26)22(28)25-24-21(27)13-16-14-23-18-7-3-2-6-17(16)18/h2-3,6-9,12,14,23H,4-5,10-11,13H2,1H3,(H,24,27)(H,25,28). The number of amides is 2. The van der Waals surface area contributed by atoms with Gasteiger partial charge in [0.05, 0.1) is 13.5 Å². The van der Waals surface area contributed by atoms with E-state index in [2.05, 4.69) is 15.8 Å². The largest absolute Gasteiger partial charge is 0.495 e. The lowest BCUT2D eigenvalue weighted by Crippen LogP contribution is -2.42. The molecule has 32 heavy (non-hydrogen) atoms. The zero-order chi connectivity index (χ0) is 22.7. The number of rotatable bonds is 6. The minimum atomic E-state index is -3.79. The first-order valence-corrected chi connectivity index (χ1v) is 11.7. The molecule has 1 saturated heterocycles. The normalized spacial score (nSPS) is 14.4. The molecule has 3 aromatic rings. The topological polar surface area (TPSA) is 121 Å². The molecule has 10 heteroatoms. The molecule has 0 bridgehead atoms. The summed E-state index contributed by atoms with van der Waals surface area (Å²) in [5, 5.41) is 0.931. The van der Waals surface area contributed by atoms with Gasteiger partial charge in [-0.2, -0.15) is 4.31 Å². The van der Waals surface area contributed by atoms with Crippen molar-refractivity contribution in [3.63, 3.8) is 0 Å². The van der Waals surface area contributed by atoms with E-state index in [9.17, 15) is 18.0 Å². The highest BCUT2D eigenvalue weighted by Crippen LogP contribution is 2.29. The first kappa shape index (κ1) is 21.8. The number of aromatic nitrogens is 1. The zero-order valence-corrected chi connectivity index (χ0v) is 18.4. The maximum atomic E-state index is 13.0. The highest BCUT2D eigenvalue weighted by Gasteiger charge is 2.30. The van der Waals surface area contributed by atoms with E-state index in [0.717, 1.165) is 29.3 Å². The smallest absolute Gasteiger partial charge is 0.269 e. The fraction of sp³-hybridized carbons (Fsp3) is 0.273. The van der Waals surface area contributed by atoms with Gasteiger partial charge in [0.2, 0.25) is 15.9 Å². The van der Waals surface area contributed by atoms with Crippen LogP contribution in [0.3, 0.4) is 0 Å². The highest BCUT2D eigenvalue weighted by atomic mass is 32.2. The maximum Gasteiger partial charge on any atom is 0.269 e. The summed E-state index contributed by atoms with van der Waals surface area (Å²) in [7, 11) is -2.41. The Hall–Kier alpha value is -3.37. The predicted molar refractivity (Wildman–Crippen MR) is 119 cm³/mol. The van der Waals surface area contributed by atoms with Gasteiger partial charge in [0.1, 0.15) is 10.6 Å². The molecule has 2 amide bonds. The molecule has 1 aliphatic heterocycles. The van der Waals surface area contributed by atoms with Crippen LogP contribution in [0.25, 0.3) is 10.9 Å². The number of benzene rings is 2. The molecule has 0 atom stereocenters. The van der Waals surface area contributed by atoms with E-state index in [0.29, 0.717) is 13.1 Å². The number of nitrogens with zero attached hydrogens (tertiary/aromatic N) is 1. The molecule has 4 rings (SSSR count). The zero-order valence-electron chi connectivity index (χ0n) is 17.6. The first-order valence-electron chi connectivity index (χ1n) is 10.2. The summed E-state index contributed by atoms with van der Waals surface area (Å²) in [5.41, 5.74) is 6.55. The average Bonchev–Trinajstić information content (AvgIpc) is 3.48. The third kappa shape index (κ3) is 4.32. The summed E-state index contributed by atoms with van der Waals surface area (Å²) in [6, 6.07) is 11.8. The number of nitrogens with one attached hydrogen (secondary N) is 3. The lowest BCUT2D eigenvalue weighted by atomic mass is 10.1. The number of sulfonamides is 1. The van der Waals surface area contributed by atoms with Gasteiger partial charge in [0.15, 0.2) is 0 Å². The number of para-hydroxylation sites is 1. The molecular formula is C22H24N4O5S. The lowest BCUT2D eigenvalue weighted by Gasteiger charge is -2.18. The Kier molecular flexibility index (Phi) is 6.15. The summed E-state index contributed by atoms with van der Waals surface area (Å²) in [5.74, 6) is -0.865. The number of fused-ring (bicyclic) bond motifs is 1. The van der Waals surface area contributed by atoms with Crippen molar-refractivity contribution in [1.29, 1.82) is 0 Å². The molecule has 0 unspecified atom stereocenters. The third-order valence-corrected chi connectivity index (χ3v) is 7.37. The van der Waals surface area contributed by atoms with Gasteiger partial charge in [0.25, 0.3) is 5.91 Å². The van der Waals surface area contributed by atoms with Crippen LogP contribution in [0.1, 0.15) is 28.8 Å². The predicted octanol–water partition coefficient (Wildman–Crippen LogP) is 1.96. The van der Waals surface area contributed by atoms with E-state index in [1.807, 2.05) is 24.3 Å². The Morgan fingerprint density at radius 2 is 1.84 bits per heavy atom. The molecule has 2 heterocycles. The molecular weight excluding hydrogens is 432 g/mol. The monoisotopic (exact) mass is 456 g/mol. The molecule has 168 valence electrons. The molecule has 1 aromatic heterocycles. The summed E-state index contributed by atoms with van der Waals surface area (Å²) in [4.78, 5) is 27.9. The van der Waals surface area contributed by atoms with Crippen LogP contribution in [-0.4, -0.2) is 49.7 Å². The van der Waals surface area contributed by atoms with Crippen LogP contribution >= 0.6 is 0 Å². The van der Waals surface area contributed by atoms with Crippen molar-refractivity contribution >= 4 is 32.7 Å². The van der Waals surface area contributed by atoms with Crippen LogP contribution in [0, 0.1) is 0 Å². The van der Waals surface area contributed by atoms with Crippen LogP contribution in [0.15, 0.2) is 53.6 Å². The van der Waals surface area contributed by atoms with E-state index in [4.69, 9.17) is 4.74 Å². The first-order chi connectivity index (χ1) is 15.4. The van der Waals surface area contributed by atoms with Crippen molar-refractivity contribution in [3.8, 4) is 5.75 Å². The van der Waals surface area contributed by atoms with E-state index < -0.39 is 21.8 Å². The molecule has 0 radical (unpaired) electrons. The number of H-pyrrole nitrogens is 1. The molecule has 3 N–H and O–H groups in total. The number of methoxy groups -OCH3 is 1. The van der Waals surface area contributed by atoms with Crippen molar-refractivity contribution < 1.29 is 22.7 Å². The second kappa shape index (κ2) is 9.01. The lowest BCUT2D eigenvalue weighted by molar-refractivity contribution is -0.121. The number of hydrogen-bond acceptors (Lipinski definition) is 5. The number of carbonyl (C=O) groups excluding carboxylic acids is 2. The second-order valence-electron chi connectivity index (χ2n) is 7.52. The maximum absolute atomic E-state index is 13.0. The fourth-order valence-corrected chi connectivity index (χ4v) is 5.48. The van der Waals surface area contributed by atoms with Crippen LogP contribution < -0.4 is 15.6 Å². The Balaban J connectivity index is 1.45. The van der Waals surface area contributed by atoms with Gasteiger partial charge in [-0.05, 0) is 42.7 Å². The van der Waals surface area contributed by atoms with Gasteiger partial charge in [-0.15, -0.1) is 0 Å². The summed E-state index contributed by atoms with van der Waals surface area (Å²) < 4.78 is 32.6. The summed E-state index contributed by atoms with van der Waals surface area (Å²) in [6.45, 7) is 0.873. The fourth-order valence-electron chi connectivity index (χ4n) is 3.78. The van der Waals surface area contributed by atoms with Crippen molar-refractivity contribution in [3.05, 3.63) is 59.8 Å². The summed E-state index contributed by atoms with van der Waals surface area (Å²) in [6.07, 6.45) is 3.42. The number of hydrogen-bond donors (Lipinski definition) is 3. The Morgan fingerprint density at radius 1 is 1.09 bits per heavy atom. The molecule has 0 spiro atoms. The molecule has 1 fully saturated rings. The molecule has 0 aliphatic carbocycles. The van der Waals surface area contributed by atoms with Gasteiger partial charge < -0.3 is 9.72 Å². The van der Waals surface area contributed by atoms with Gasteiger partial charge >= 0.3 is 0 Å². The van der Waals surface area contributed by atoms with Crippen molar-refractivity contribution in [1.82, 2.24) is 20.1 Å². The Labute approximate surface area is 185 Å². The second-order valence-corrected chi connectivity index (χ2v) is 9.42. The third-order valence-electron chi connectivity index (χ3n) is 5.45.